The number of aromatic nitrogens is 2. The Hall–Kier alpha value is -3.21. The minimum Gasteiger partial charge on any atom is -0.339 e. The lowest BCUT2D eigenvalue weighted by molar-refractivity contribution is -0.138. The fourth-order valence-corrected chi connectivity index (χ4v) is 5.04. The maximum atomic E-state index is 13.3. The van der Waals surface area contributed by atoms with Crippen molar-refractivity contribution < 1.29 is 22.8 Å². The van der Waals surface area contributed by atoms with Crippen LogP contribution in [0.1, 0.15) is 32.8 Å². The molecule has 4 rings (SSSR count). The molecule has 0 bridgehead atoms. The third-order valence-corrected chi connectivity index (χ3v) is 7.22. The fourth-order valence-electron chi connectivity index (χ4n) is 4.05. The predicted molar refractivity (Wildman–Crippen MR) is 122 cm³/mol. The molecule has 1 aliphatic heterocycles. The van der Waals surface area contributed by atoms with E-state index in [0.717, 1.165) is 16.5 Å². The smallest absolute Gasteiger partial charge is 0.339 e. The number of fused-ring (bicyclic) bond motifs is 1. The zero-order chi connectivity index (χ0) is 24.6. The summed E-state index contributed by atoms with van der Waals surface area (Å²) in [7, 11) is 0. The van der Waals surface area contributed by atoms with E-state index in [1.165, 1.54) is 45.3 Å². The van der Waals surface area contributed by atoms with Crippen LogP contribution < -0.4 is 5.56 Å². The van der Waals surface area contributed by atoms with Gasteiger partial charge >= 0.3 is 6.18 Å². The summed E-state index contributed by atoms with van der Waals surface area (Å²) in [5.41, 5.74) is -0.647. The Morgan fingerprint density at radius 2 is 1.71 bits per heavy atom. The number of amides is 2. The van der Waals surface area contributed by atoms with Crippen LogP contribution in [0.25, 0.3) is 10.2 Å². The standard InChI is InChI=1S/C23H23F3N4O3S/c1-14-15(2)34-20-19(14)22(33)30(13-27-20)8-7-18(31)28-9-11-29(12-10-28)21(32)16-5-3-4-6-17(16)23(24,25)26/h3-6,13H,7-12H2,1-2H3. The van der Waals surface area contributed by atoms with Crippen molar-refractivity contribution >= 4 is 33.4 Å². The normalized spacial score (nSPS) is 14.6. The highest BCUT2D eigenvalue weighted by atomic mass is 32.1. The van der Waals surface area contributed by atoms with Crippen molar-refractivity contribution in [2.75, 3.05) is 26.2 Å². The second kappa shape index (κ2) is 9.21. The lowest BCUT2D eigenvalue weighted by Crippen LogP contribution is -2.51. The van der Waals surface area contributed by atoms with Crippen LogP contribution in [0, 0.1) is 13.8 Å². The molecule has 1 saturated heterocycles. The quantitative estimate of drug-likeness (QED) is 0.559. The highest BCUT2D eigenvalue weighted by Gasteiger charge is 2.36. The minimum atomic E-state index is -4.62. The molecule has 0 N–H and O–H groups in total. The number of thiophene rings is 1. The molecule has 3 heterocycles. The second-order valence-electron chi connectivity index (χ2n) is 8.17. The van der Waals surface area contributed by atoms with Crippen molar-refractivity contribution in [3.63, 3.8) is 0 Å². The fraction of sp³-hybridized carbons (Fsp3) is 0.391. The van der Waals surface area contributed by atoms with Gasteiger partial charge in [-0.15, -0.1) is 11.3 Å². The van der Waals surface area contributed by atoms with Crippen LogP contribution in [0.4, 0.5) is 13.2 Å². The molecule has 7 nitrogen and oxygen atoms in total. The lowest BCUT2D eigenvalue weighted by Gasteiger charge is -2.35. The average molecular weight is 493 g/mol. The van der Waals surface area contributed by atoms with Gasteiger partial charge in [-0.3, -0.25) is 19.0 Å². The van der Waals surface area contributed by atoms with E-state index >= 15 is 0 Å². The molecule has 0 unspecified atom stereocenters. The number of benzene rings is 1. The van der Waals surface area contributed by atoms with E-state index in [0.29, 0.717) is 10.2 Å². The molecule has 11 heteroatoms. The third-order valence-electron chi connectivity index (χ3n) is 6.10. The van der Waals surface area contributed by atoms with Crippen LogP contribution in [0.2, 0.25) is 0 Å². The van der Waals surface area contributed by atoms with Gasteiger partial charge in [0.15, 0.2) is 0 Å². The Kier molecular flexibility index (Phi) is 6.48. The van der Waals surface area contributed by atoms with Gasteiger partial charge in [0, 0.05) is 44.0 Å². The summed E-state index contributed by atoms with van der Waals surface area (Å²) >= 11 is 1.46. The van der Waals surface area contributed by atoms with Crippen molar-refractivity contribution in [3.05, 3.63) is 62.5 Å². The number of hydrogen-bond acceptors (Lipinski definition) is 5. The Bertz CT molecular complexity index is 1310. The van der Waals surface area contributed by atoms with Gasteiger partial charge < -0.3 is 9.80 Å². The predicted octanol–water partition coefficient (Wildman–Crippen LogP) is 3.47. The molecule has 180 valence electrons. The number of hydrogen-bond donors (Lipinski definition) is 0. The first-order chi connectivity index (χ1) is 16.1. The highest BCUT2D eigenvalue weighted by Crippen LogP contribution is 2.32. The largest absolute Gasteiger partial charge is 0.417 e. The molecule has 0 spiro atoms. The summed E-state index contributed by atoms with van der Waals surface area (Å²) in [6, 6.07) is 4.70. The Labute approximate surface area is 197 Å². The van der Waals surface area contributed by atoms with Gasteiger partial charge in [-0.2, -0.15) is 13.2 Å². The number of piperazine rings is 1. The van der Waals surface area contributed by atoms with E-state index in [9.17, 15) is 27.6 Å². The Balaban J connectivity index is 1.37. The van der Waals surface area contributed by atoms with Gasteiger partial charge in [0.05, 0.1) is 22.8 Å². The van der Waals surface area contributed by atoms with E-state index in [1.54, 1.807) is 4.90 Å². The number of aryl methyl sites for hydroxylation is 3. The number of carbonyl (C=O) groups is 2. The van der Waals surface area contributed by atoms with Crippen molar-refractivity contribution in [3.8, 4) is 0 Å². The SMILES string of the molecule is Cc1sc2ncn(CCC(=O)N3CCN(C(=O)c4ccccc4C(F)(F)F)CC3)c(=O)c2c1C. The van der Waals surface area contributed by atoms with Crippen LogP contribution in [0.15, 0.2) is 35.4 Å². The van der Waals surface area contributed by atoms with Crippen molar-refractivity contribution in [1.82, 2.24) is 19.4 Å². The van der Waals surface area contributed by atoms with Crippen LogP contribution in [-0.4, -0.2) is 57.3 Å². The summed E-state index contributed by atoms with van der Waals surface area (Å²) in [6.07, 6.45) is -3.09. The third kappa shape index (κ3) is 4.56. The van der Waals surface area contributed by atoms with Crippen molar-refractivity contribution in [2.24, 2.45) is 0 Å². The molecular formula is C23H23F3N4O3S. The molecule has 3 aromatic rings. The van der Waals surface area contributed by atoms with E-state index in [4.69, 9.17) is 0 Å². The lowest BCUT2D eigenvalue weighted by atomic mass is 10.1. The van der Waals surface area contributed by atoms with E-state index in [2.05, 4.69) is 4.98 Å². The first kappa shape index (κ1) is 23.9. The molecule has 0 atom stereocenters. The van der Waals surface area contributed by atoms with Crippen LogP contribution >= 0.6 is 11.3 Å². The number of nitrogens with zero attached hydrogens (tertiary/aromatic N) is 4. The summed E-state index contributed by atoms with van der Waals surface area (Å²) in [6.45, 7) is 4.69. The van der Waals surface area contributed by atoms with Gasteiger partial charge in [-0.25, -0.2) is 4.98 Å². The summed E-state index contributed by atoms with van der Waals surface area (Å²) in [5, 5.41) is 0.573. The summed E-state index contributed by atoms with van der Waals surface area (Å²) in [4.78, 5) is 47.1. The number of halogens is 3. The second-order valence-corrected chi connectivity index (χ2v) is 9.38. The molecular weight excluding hydrogens is 469 g/mol. The number of carbonyl (C=O) groups excluding carboxylic acids is 2. The maximum absolute atomic E-state index is 13.3. The topological polar surface area (TPSA) is 75.5 Å². The van der Waals surface area contributed by atoms with Crippen molar-refractivity contribution in [2.45, 2.75) is 33.0 Å². The van der Waals surface area contributed by atoms with Gasteiger partial charge in [0.1, 0.15) is 4.83 Å². The molecule has 1 aliphatic rings. The first-order valence-corrected chi connectivity index (χ1v) is 11.6. The molecule has 1 fully saturated rings. The van der Waals surface area contributed by atoms with Crippen LogP contribution in [0.5, 0.6) is 0 Å². The van der Waals surface area contributed by atoms with Crippen molar-refractivity contribution in [1.29, 1.82) is 0 Å². The number of rotatable bonds is 4. The zero-order valence-electron chi connectivity index (χ0n) is 18.7. The van der Waals surface area contributed by atoms with E-state index in [-0.39, 0.29) is 50.6 Å². The zero-order valence-corrected chi connectivity index (χ0v) is 19.5. The van der Waals surface area contributed by atoms with Crippen LogP contribution in [-0.2, 0) is 17.5 Å². The minimum absolute atomic E-state index is 0.0834. The summed E-state index contributed by atoms with van der Waals surface area (Å²) in [5.74, 6) is -0.889. The van der Waals surface area contributed by atoms with Gasteiger partial charge in [-0.1, -0.05) is 12.1 Å². The molecule has 2 aromatic heterocycles. The molecule has 0 saturated carbocycles. The Morgan fingerprint density at radius 3 is 2.38 bits per heavy atom. The van der Waals surface area contributed by atoms with Gasteiger partial charge in [0.25, 0.3) is 11.5 Å². The maximum Gasteiger partial charge on any atom is 0.417 e. The molecule has 0 aliphatic carbocycles. The first-order valence-electron chi connectivity index (χ1n) is 10.8. The average Bonchev–Trinajstić information content (AvgIpc) is 3.11. The van der Waals surface area contributed by atoms with E-state index < -0.39 is 23.2 Å². The molecule has 1 aromatic carbocycles. The molecule has 34 heavy (non-hydrogen) atoms. The summed E-state index contributed by atoms with van der Waals surface area (Å²) < 4.78 is 41.2. The van der Waals surface area contributed by atoms with Crippen LogP contribution in [0.3, 0.4) is 0 Å². The number of alkyl halides is 3. The van der Waals surface area contributed by atoms with Gasteiger partial charge in [-0.05, 0) is 31.5 Å². The van der Waals surface area contributed by atoms with E-state index in [1.807, 2.05) is 13.8 Å². The molecule has 2 amide bonds. The Morgan fingerprint density at radius 1 is 1.06 bits per heavy atom. The highest BCUT2D eigenvalue weighted by molar-refractivity contribution is 7.18. The monoisotopic (exact) mass is 492 g/mol. The molecule has 0 radical (unpaired) electrons. The van der Waals surface area contributed by atoms with Gasteiger partial charge in [0.2, 0.25) is 5.91 Å².